The molecule has 0 aliphatic heterocycles. The molecule has 1 rings (SSSR count). The molecule has 0 atom stereocenters. The third kappa shape index (κ3) is 2.36. The Kier molecular flexibility index (Phi) is 2.83. The van der Waals surface area contributed by atoms with Crippen LogP contribution in [0, 0.1) is 0 Å². The summed E-state index contributed by atoms with van der Waals surface area (Å²) in [5.41, 5.74) is 3.02. The molecule has 1 heterocycles. The number of rotatable bonds is 1. The number of anilines is 1. The van der Waals surface area contributed by atoms with Crippen molar-refractivity contribution in [1.29, 1.82) is 0 Å². The molecule has 7 heteroatoms. The number of carbonyl (C=O) groups excluding carboxylic acids is 1. The summed E-state index contributed by atoms with van der Waals surface area (Å²) in [4.78, 5) is 14.3. The van der Waals surface area contributed by atoms with Gasteiger partial charge in [-0.3, -0.25) is 0 Å². The lowest BCUT2D eigenvalue weighted by Crippen LogP contribution is -2.13. The Morgan fingerprint density at radius 3 is 2.60 bits per heavy atom. The van der Waals surface area contributed by atoms with Crippen molar-refractivity contribution in [2.24, 2.45) is 0 Å². The molecule has 0 saturated heterocycles. The molecule has 15 heavy (non-hydrogen) atoms. The Morgan fingerprint density at radius 1 is 1.53 bits per heavy atom. The van der Waals surface area contributed by atoms with Crippen LogP contribution in [0.5, 0.6) is 0 Å². The fraction of sp³-hybridized carbons (Fsp3) is 0.250. The maximum Gasteiger partial charge on any atom is 0.418 e. The number of ether oxygens (including phenoxy) is 1. The molecule has 0 unspecified atom stereocenters. The van der Waals surface area contributed by atoms with Crippen LogP contribution >= 0.6 is 0 Å². The molecular weight excluding hydrogens is 213 g/mol. The number of hydrogen-bond acceptors (Lipinski definition) is 4. The Labute approximate surface area is 82.9 Å². The number of methoxy groups -OCH3 is 1. The zero-order valence-electron chi connectivity index (χ0n) is 7.63. The van der Waals surface area contributed by atoms with Crippen molar-refractivity contribution in [3.05, 3.63) is 23.5 Å². The van der Waals surface area contributed by atoms with Crippen LogP contribution in [0.25, 0.3) is 0 Å². The first-order chi connectivity index (χ1) is 6.86. The number of nitrogens with zero attached hydrogens (tertiary/aromatic N) is 1. The number of aromatic nitrogens is 1. The van der Waals surface area contributed by atoms with Crippen LogP contribution in [0.4, 0.5) is 18.9 Å². The Balaban J connectivity index is 3.23. The first-order valence-electron chi connectivity index (χ1n) is 3.77. The monoisotopic (exact) mass is 220 g/mol. The van der Waals surface area contributed by atoms with Crippen molar-refractivity contribution >= 4 is 11.7 Å². The lowest BCUT2D eigenvalue weighted by Gasteiger charge is -2.09. The Bertz CT molecular complexity index is 390. The van der Waals surface area contributed by atoms with E-state index < -0.39 is 29.1 Å². The van der Waals surface area contributed by atoms with E-state index in [1.54, 1.807) is 0 Å². The second-order valence-electron chi connectivity index (χ2n) is 2.65. The molecule has 2 N–H and O–H groups in total. The zero-order valence-corrected chi connectivity index (χ0v) is 7.63. The van der Waals surface area contributed by atoms with Crippen molar-refractivity contribution in [3.8, 4) is 0 Å². The van der Waals surface area contributed by atoms with E-state index in [0.29, 0.717) is 6.07 Å². The second kappa shape index (κ2) is 3.76. The number of halogens is 3. The molecule has 82 valence electrons. The molecule has 0 fully saturated rings. The maximum absolute atomic E-state index is 12.3. The standard InChI is InChI=1S/C8H7F3N2O2/c1-15-7(14)6-2-4(8(9,10)11)5(12)3-13-6/h2-3H,12H2,1H3. The Morgan fingerprint density at radius 2 is 2.13 bits per heavy atom. The summed E-state index contributed by atoms with van der Waals surface area (Å²) in [6, 6.07) is 0.557. The van der Waals surface area contributed by atoms with E-state index in [9.17, 15) is 18.0 Å². The summed E-state index contributed by atoms with van der Waals surface area (Å²) in [6.07, 6.45) is -3.84. The van der Waals surface area contributed by atoms with Gasteiger partial charge in [0.15, 0.2) is 0 Å². The van der Waals surface area contributed by atoms with E-state index in [-0.39, 0.29) is 0 Å². The van der Waals surface area contributed by atoms with Gasteiger partial charge in [-0.1, -0.05) is 0 Å². The minimum atomic E-state index is -4.62. The molecule has 0 bridgehead atoms. The van der Waals surface area contributed by atoms with Gasteiger partial charge in [0, 0.05) is 0 Å². The maximum atomic E-state index is 12.3. The minimum Gasteiger partial charge on any atom is -0.464 e. The highest BCUT2D eigenvalue weighted by atomic mass is 19.4. The number of pyridine rings is 1. The molecule has 0 radical (unpaired) electrons. The van der Waals surface area contributed by atoms with Crippen LogP contribution in [-0.2, 0) is 10.9 Å². The van der Waals surface area contributed by atoms with Crippen molar-refractivity contribution in [2.45, 2.75) is 6.18 Å². The molecule has 0 aromatic carbocycles. The first kappa shape index (κ1) is 11.3. The summed E-state index contributed by atoms with van der Waals surface area (Å²) >= 11 is 0. The molecule has 1 aromatic heterocycles. The fourth-order valence-electron chi connectivity index (χ4n) is 0.928. The van der Waals surface area contributed by atoms with Gasteiger partial charge in [-0.25, -0.2) is 9.78 Å². The molecule has 0 saturated carbocycles. The third-order valence-corrected chi connectivity index (χ3v) is 1.63. The number of nitrogen functional groups attached to an aromatic ring is 1. The average Bonchev–Trinajstić information content (AvgIpc) is 2.15. The van der Waals surface area contributed by atoms with Gasteiger partial charge in [0.05, 0.1) is 24.6 Å². The summed E-state index contributed by atoms with van der Waals surface area (Å²) in [7, 11) is 1.05. The molecule has 0 aliphatic carbocycles. The summed E-state index contributed by atoms with van der Waals surface area (Å²) in [5, 5.41) is 0. The minimum absolute atomic E-state index is 0.431. The highest BCUT2D eigenvalue weighted by Crippen LogP contribution is 2.33. The van der Waals surface area contributed by atoms with Crippen molar-refractivity contribution in [1.82, 2.24) is 4.98 Å². The van der Waals surface area contributed by atoms with Gasteiger partial charge in [-0.05, 0) is 6.07 Å². The summed E-state index contributed by atoms with van der Waals surface area (Å²) in [6.45, 7) is 0. The number of esters is 1. The van der Waals surface area contributed by atoms with Gasteiger partial charge in [-0.15, -0.1) is 0 Å². The molecule has 4 nitrogen and oxygen atoms in total. The molecule has 0 spiro atoms. The van der Waals surface area contributed by atoms with Crippen LogP contribution in [-0.4, -0.2) is 18.1 Å². The Hall–Kier alpha value is -1.79. The van der Waals surface area contributed by atoms with E-state index in [0.717, 1.165) is 13.3 Å². The van der Waals surface area contributed by atoms with Crippen LogP contribution in [0.3, 0.4) is 0 Å². The fourth-order valence-corrected chi connectivity index (χ4v) is 0.928. The van der Waals surface area contributed by atoms with Gasteiger partial charge < -0.3 is 10.5 Å². The number of hydrogen-bond donors (Lipinski definition) is 1. The molecule has 0 aliphatic rings. The van der Waals surface area contributed by atoms with Gasteiger partial charge in [0.25, 0.3) is 0 Å². The van der Waals surface area contributed by atoms with E-state index in [4.69, 9.17) is 5.73 Å². The van der Waals surface area contributed by atoms with E-state index in [1.807, 2.05) is 0 Å². The SMILES string of the molecule is COC(=O)c1cc(C(F)(F)F)c(N)cn1. The zero-order chi connectivity index (χ0) is 11.6. The van der Waals surface area contributed by atoms with E-state index >= 15 is 0 Å². The summed E-state index contributed by atoms with van der Waals surface area (Å²) < 4.78 is 41.2. The van der Waals surface area contributed by atoms with E-state index in [2.05, 4.69) is 9.72 Å². The van der Waals surface area contributed by atoms with E-state index in [1.165, 1.54) is 0 Å². The lowest BCUT2D eigenvalue weighted by atomic mass is 10.2. The largest absolute Gasteiger partial charge is 0.464 e. The smallest absolute Gasteiger partial charge is 0.418 e. The average molecular weight is 220 g/mol. The van der Waals surface area contributed by atoms with Crippen LogP contribution in [0.15, 0.2) is 12.3 Å². The first-order valence-corrected chi connectivity index (χ1v) is 3.77. The number of nitrogens with two attached hydrogens (primary N) is 1. The second-order valence-corrected chi connectivity index (χ2v) is 2.65. The third-order valence-electron chi connectivity index (χ3n) is 1.63. The quantitative estimate of drug-likeness (QED) is 0.728. The molecule has 1 aromatic rings. The van der Waals surface area contributed by atoms with Gasteiger partial charge in [0.2, 0.25) is 0 Å². The van der Waals surface area contributed by atoms with Crippen LogP contribution in [0.1, 0.15) is 16.1 Å². The predicted molar refractivity (Wildman–Crippen MR) is 45.0 cm³/mol. The van der Waals surface area contributed by atoms with Crippen LogP contribution < -0.4 is 5.73 Å². The number of alkyl halides is 3. The molecular formula is C8H7F3N2O2. The normalized spacial score (nSPS) is 11.2. The topological polar surface area (TPSA) is 65.2 Å². The van der Waals surface area contributed by atoms with Crippen molar-refractivity contribution in [2.75, 3.05) is 12.8 Å². The van der Waals surface area contributed by atoms with Crippen molar-refractivity contribution in [3.63, 3.8) is 0 Å². The number of carbonyl (C=O) groups is 1. The van der Waals surface area contributed by atoms with Crippen LogP contribution in [0.2, 0.25) is 0 Å². The highest BCUT2D eigenvalue weighted by molar-refractivity contribution is 5.87. The lowest BCUT2D eigenvalue weighted by molar-refractivity contribution is -0.137. The van der Waals surface area contributed by atoms with Gasteiger partial charge >= 0.3 is 12.1 Å². The molecule has 0 amide bonds. The van der Waals surface area contributed by atoms with Gasteiger partial charge in [0.1, 0.15) is 5.69 Å². The highest BCUT2D eigenvalue weighted by Gasteiger charge is 2.34. The van der Waals surface area contributed by atoms with Crippen molar-refractivity contribution < 1.29 is 22.7 Å². The predicted octanol–water partition coefficient (Wildman–Crippen LogP) is 1.47. The summed E-state index contributed by atoms with van der Waals surface area (Å²) in [5.74, 6) is -0.944. The van der Waals surface area contributed by atoms with Gasteiger partial charge in [-0.2, -0.15) is 13.2 Å².